The maximum absolute atomic E-state index is 12.2. The summed E-state index contributed by atoms with van der Waals surface area (Å²) in [7, 11) is -1.97. The van der Waals surface area contributed by atoms with Crippen LogP contribution in [-0.4, -0.2) is 19.8 Å². The molecule has 0 amide bonds. The SMILES string of the molecule is C=CC(OC(=O)c1ccccc1)[Si](C)(C)c1ccccc1. The van der Waals surface area contributed by atoms with Crippen LogP contribution < -0.4 is 5.19 Å². The van der Waals surface area contributed by atoms with Gasteiger partial charge in [-0.1, -0.05) is 79.5 Å². The van der Waals surface area contributed by atoms with E-state index >= 15 is 0 Å². The van der Waals surface area contributed by atoms with Crippen molar-refractivity contribution in [2.45, 2.75) is 18.8 Å². The number of rotatable bonds is 5. The van der Waals surface area contributed by atoms with E-state index in [0.717, 1.165) is 0 Å². The topological polar surface area (TPSA) is 26.3 Å². The Labute approximate surface area is 127 Å². The third-order valence-corrected chi connectivity index (χ3v) is 7.28. The fraction of sp³-hybridized carbons (Fsp3) is 0.167. The molecular weight excluding hydrogens is 276 g/mol. The molecule has 0 N–H and O–H groups in total. The Hall–Kier alpha value is -2.13. The minimum absolute atomic E-state index is 0.257. The number of hydrogen-bond donors (Lipinski definition) is 0. The number of benzene rings is 2. The van der Waals surface area contributed by atoms with Crippen molar-refractivity contribution in [2.75, 3.05) is 0 Å². The van der Waals surface area contributed by atoms with Crippen molar-refractivity contribution in [3.63, 3.8) is 0 Å². The van der Waals surface area contributed by atoms with Gasteiger partial charge < -0.3 is 4.74 Å². The molecular formula is C18H20O2Si. The van der Waals surface area contributed by atoms with Gasteiger partial charge in [-0.3, -0.25) is 0 Å². The second kappa shape index (κ2) is 6.55. The average molecular weight is 296 g/mol. The van der Waals surface area contributed by atoms with Crippen molar-refractivity contribution in [3.05, 3.63) is 78.9 Å². The van der Waals surface area contributed by atoms with Crippen LogP contribution in [0.3, 0.4) is 0 Å². The molecule has 3 heteroatoms. The molecule has 108 valence electrons. The normalized spacial score (nSPS) is 12.5. The Balaban J connectivity index is 2.20. The molecule has 0 fully saturated rings. The maximum Gasteiger partial charge on any atom is 0.338 e. The standard InChI is InChI=1S/C18H20O2Si/c1-4-17(20-18(19)15-11-7-5-8-12-15)21(2,3)16-13-9-6-10-14-16/h4-14,17H,1H2,2-3H3. The van der Waals surface area contributed by atoms with Crippen LogP contribution in [0.1, 0.15) is 10.4 Å². The van der Waals surface area contributed by atoms with Crippen molar-refractivity contribution >= 4 is 19.2 Å². The molecule has 2 rings (SSSR count). The van der Waals surface area contributed by atoms with E-state index in [4.69, 9.17) is 4.74 Å². The predicted molar refractivity (Wildman–Crippen MR) is 89.4 cm³/mol. The largest absolute Gasteiger partial charge is 0.458 e. The molecule has 0 bridgehead atoms. The first-order valence-electron chi connectivity index (χ1n) is 7.00. The summed E-state index contributed by atoms with van der Waals surface area (Å²) < 4.78 is 5.71. The summed E-state index contributed by atoms with van der Waals surface area (Å²) in [4.78, 5) is 12.2. The van der Waals surface area contributed by atoms with E-state index in [-0.39, 0.29) is 11.7 Å². The van der Waals surface area contributed by atoms with Gasteiger partial charge in [-0.05, 0) is 12.1 Å². The van der Waals surface area contributed by atoms with Crippen LogP contribution in [0.4, 0.5) is 0 Å². The van der Waals surface area contributed by atoms with Gasteiger partial charge in [0.1, 0.15) is 13.8 Å². The second-order valence-corrected chi connectivity index (χ2v) is 10.1. The van der Waals surface area contributed by atoms with E-state index in [9.17, 15) is 4.79 Å². The zero-order chi connectivity index (χ0) is 15.3. The zero-order valence-corrected chi connectivity index (χ0v) is 13.5. The summed E-state index contributed by atoms with van der Waals surface area (Å²) in [5.41, 5.74) is 0.315. The van der Waals surface area contributed by atoms with E-state index in [0.29, 0.717) is 5.56 Å². The minimum Gasteiger partial charge on any atom is -0.458 e. The van der Waals surface area contributed by atoms with Gasteiger partial charge in [0.05, 0.1) is 5.56 Å². The molecule has 1 atom stereocenters. The fourth-order valence-corrected chi connectivity index (χ4v) is 4.65. The molecule has 2 nitrogen and oxygen atoms in total. The number of carbonyl (C=O) groups is 1. The molecule has 2 aromatic carbocycles. The molecule has 0 aliphatic carbocycles. The highest BCUT2D eigenvalue weighted by Gasteiger charge is 2.35. The summed E-state index contributed by atoms with van der Waals surface area (Å²) in [5.74, 6) is -0.294. The number of ether oxygens (including phenoxy) is 1. The third kappa shape index (κ3) is 3.50. The molecule has 0 spiro atoms. The van der Waals surface area contributed by atoms with Crippen LogP contribution in [0, 0.1) is 0 Å². The molecule has 0 heterocycles. The van der Waals surface area contributed by atoms with Gasteiger partial charge in [-0.15, -0.1) is 0 Å². The molecule has 0 saturated heterocycles. The van der Waals surface area contributed by atoms with Gasteiger partial charge in [-0.25, -0.2) is 4.79 Å². The lowest BCUT2D eigenvalue weighted by Crippen LogP contribution is -2.53. The Bertz CT molecular complexity index is 606. The van der Waals surface area contributed by atoms with Crippen molar-refractivity contribution in [2.24, 2.45) is 0 Å². The van der Waals surface area contributed by atoms with Crippen LogP contribution in [-0.2, 0) is 4.74 Å². The lowest BCUT2D eigenvalue weighted by atomic mass is 10.2. The predicted octanol–water partition coefficient (Wildman–Crippen LogP) is 3.55. The highest BCUT2D eigenvalue weighted by Crippen LogP contribution is 2.16. The Kier molecular flexibility index (Phi) is 4.76. The molecule has 0 aliphatic rings. The first-order valence-corrected chi connectivity index (χ1v) is 10.1. The average Bonchev–Trinajstić information content (AvgIpc) is 2.53. The number of hydrogen-bond acceptors (Lipinski definition) is 2. The van der Waals surface area contributed by atoms with Gasteiger partial charge in [-0.2, -0.15) is 0 Å². The van der Waals surface area contributed by atoms with Crippen molar-refractivity contribution < 1.29 is 9.53 Å². The van der Waals surface area contributed by atoms with E-state index in [1.807, 2.05) is 36.4 Å². The van der Waals surface area contributed by atoms with Gasteiger partial charge in [0, 0.05) is 0 Å². The molecule has 2 aromatic rings. The first-order chi connectivity index (χ1) is 10.1. The lowest BCUT2D eigenvalue weighted by molar-refractivity contribution is 0.0491. The van der Waals surface area contributed by atoms with Crippen LogP contribution in [0.5, 0.6) is 0 Å². The molecule has 0 aliphatic heterocycles. The van der Waals surface area contributed by atoms with Crippen LogP contribution >= 0.6 is 0 Å². The summed E-state index contributed by atoms with van der Waals surface area (Å²) in [5, 5.41) is 1.25. The second-order valence-electron chi connectivity index (χ2n) is 5.52. The summed E-state index contributed by atoms with van der Waals surface area (Å²) >= 11 is 0. The monoisotopic (exact) mass is 296 g/mol. The Morgan fingerprint density at radius 1 is 1.05 bits per heavy atom. The summed E-state index contributed by atoms with van der Waals surface area (Å²) in [6.07, 6.45) is 1.75. The first kappa shape index (κ1) is 15.3. The molecule has 0 aromatic heterocycles. The zero-order valence-electron chi connectivity index (χ0n) is 12.5. The van der Waals surface area contributed by atoms with Gasteiger partial charge in [0.25, 0.3) is 0 Å². The van der Waals surface area contributed by atoms with E-state index in [2.05, 4.69) is 31.8 Å². The Morgan fingerprint density at radius 2 is 1.57 bits per heavy atom. The Morgan fingerprint density at radius 3 is 2.10 bits per heavy atom. The van der Waals surface area contributed by atoms with E-state index in [1.54, 1.807) is 18.2 Å². The highest BCUT2D eigenvalue weighted by atomic mass is 28.3. The maximum atomic E-state index is 12.2. The highest BCUT2D eigenvalue weighted by molar-refractivity contribution is 6.91. The minimum atomic E-state index is -1.97. The van der Waals surface area contributed by atoms with Crippen molar-refractivity contribution in [3.8, 4) is 0 Å². The number of carbonyl (C=O) groups excluding carboxylic acids is 1. The van der Waals surface area contributed by atoms with Crippen LogP contribution in [0.25, 0.3) is 0 Å². The molecule has 21 heavy (non-hydrogen) atoms. The molecule has 0 radical (unpaired) electrons. The van der Waals surface area contributed by atoms with Gasteiger partial charge in [0.15, 0.2) is 0 Å². The smallest absolute Gasteiger partial charge is 0.338 e. The number of esters is 1. The van der Waals surface area contributed by atoms with Gasteiger partial charge >= 0.3 is 5.97 Å². The quantitative estimate of drug-likeness (QED) is 0.479. The van der Waals surface area contributed by atoms with Crippen molar-refractivity contribution in [1.82, 2.24) is 0 Å². The lowest BCUT2D eigenvalue weighted by Gasteiger charge is -2.30. The van der Waals surface area contributed by atoms with E-state index in [1.165, 1.54) is 5.19 Å². The van der Waals surface area contributed by atoms with Gasteiger partial charge in [0.2, 0.25) is 0 Å². The summed E-state index contributed by atoms with van der Waals surface area (Å²) in [6, 6.07) is 19.3. The van der Waals surface area contributed by atoms with Crippen LogP contribution in [0.15, 0.2) is 73.3 Å². The summed E-state index contributed by atoms with van der Waals surface area (Å²) in [6.45, 7) is 8.23. The fourth-order valence-electron chi connectivity index (χ4n) is 2.28. The van der Waals surface area contributed by atoms with Crippen LogP contribution in [0.2, 0.25) is 13.1 Å². The van der Waals surface area contributed by atoms with Crippen molar-refractivity contribution in [1.29, 1.82) is 0 Å². The van der Waals surface area contributed by atoms with E-state index < -0.39 is 8.07 Å². The molecule has 1 unspecified atom stereocenters. The molecule has 0 saturated carbocycles. The third-order valence-electron chi connectivity index (χ3n) is 3.69.